The van der Waals surface area contributed by atoms with E-state index in [1.165, 1.54) is 11.1 Å². The number of aliphatic imine (C=N–C) groups is 1. The summed E-state index contributed by atoms with van der Waals surface area (Å²) in [6.07, 6.45) is 4.70. The molecule has 2 N–H and O–H groups in total. The van der Waals surface area contributed by atoms with Crippen LogP contribution in [0.5, 0.6) is 0 Å². The second-order valence-corrected chi connectivity index (χ2v) is 7.07. The molecule has 0 unspecified atom stereocenters. The minimum absolute atomic E-state index is 0. The van der Waals surface area contributed by atoms with E-state index in [4.69, 9.17) is 0 Å². The minimum Gasteiger partial charge on any atom is -0.356 e. The summed E-state index contributed by atoms with van der Waals surface area (Å²) in [5.74, 6) is 1.69. The molecule has 8 heteroatoms. The van der Waals surface area contributed by atoms with Crippen molar-refractivity contribution in [1.29, 1.82) is 0 Å². The highest BCUT2D eigenvalue weighted by molar-refractivity contribution is 14.0. The summed E-state index contributed by atoms with van der Waals surface area (Å²) >= 11 is 0. The number of rotatable bonds is 7. The molecule has 1 aromatic carbocycles. The molecule has 2 aromatic rings. The van der Waals surface area contributed by atoms with Crippen molar-refractivity contribution in [2.24, 2.45) is 4.99 Å². The monoisotopic (exact) mass is 509 g/mol. The molecule has 1 fully saturated rings. The number of aryl methyl sites for hydroxylation is 1. The van der Waals surface area contributed by atoms with Crippen molar-refractivity contribution in [1.82, 2.24) is 25.5 Å². The first kappa shape index (κ1) is 23.3. The molecule has 158 valence electrons. The van der Waals surface area contributed by atoms with E-state index in [1.807, 2.05) is 13.1 Å². The van der Waals surface area contributed by atoms with Gasteiger partial charge in [-0.25, -0.2) is 9.97 Å². The first-order chi connectivity index (χ1) is 13.7. The molecule has 0 aliphatic carbocycles. The van der Waals surface area contributed by atoms with Gasteiger partial charge in [-0.2, -0.15) is 0 Å². The number of benzene rings is 1. The number of nitrogens with one attached hydrogen (secondary N) is 2. The second-order valence-electron chi connectivity index (χ2n) is 7.07. The third kappa shape index (κ3) is 7.77. The summed E-state index contributed by atoms with van der Waals surface area (Å²) in [6.45, 7) is 8.97. The predicted octanol–water partition coefficient (Wildman–Crippen LogP) is 2.28. The van der Waals surface area contributed by atoms with E-state index < -0.39 is 0 Å². The summed E-state index contributed by atoms with van der Waals surface area (Å²) in [7, 11) is 1.82. The van der Waals surface area contributed by atoms with Gasteiger partial charge in [-0.3, -0.25) is 9.89 Å². The van der Waals surface area contributed by atoms with Gasteiger partial charge in [0.25, 0.3) is 0 Å². The Morgan fingerprint density at radius 2 is 1.83 bits per heavy atom. The summed E-state index contributed by atoms with van der Waals surface area (Å²) in [6, 6.07) is 10.4. The van der Waals surface area contributed by atoms with Crippen LogP contribution in [0.2, 0.25) is 0 Å². The second kappa shape index (κ2) is 12.6. The average Bonchev–Trinajstić information content (AvgIpc) is 2.74. The zero-order valence-electron chi connectivity index (χ0n) is 17.3. The Kier molecular flexibility index (Phi) is 10.1. The number of hydrogen-bond acceptors (Lipinski definition) is 5. The van der Waals surface area contributed by atoms with Crippen molar-refractivity contribution in [3.05, 3.63) is 53.9 Å². The molecule has 1 saturated heterocycles. The van der Waals surface area contributed by atoms with Gasteiger partial charge < -0.3 is 15.5 Å². The van der Waals surface area contributed by atoms with E-state index in [0.29, 0.717) is 0 Å². The zero-order chi connectivity index (χ0) is 19.6. The average molecular weight is 509 g/mol. The fourth-order valence-electron chi connectivity index (χ4n) is 3.36. The zero-order valence-corrected chi connectivity index (χ0v) is 19.7. The smallest absolute Gasteiger partial charge is 0.225 e. The molecule has 0 saturated carbocycles. The Morgan fingerprint density at radius 3 is 2.52 bits per heavy atom. The highest BCUT2D eigenvalue weighted by Gasteiger charge is 2.18. The molecule has 7 nitrogen and oxygen atoms in total. The Bertz CT molecular complexity index is 746. The first-order valence-electron chi connectivity index (χ1n) is 9.99. The standard InChI is InChI=1S/C21H31N7.HI/c1-18-6-3-7-19(16-18)17-26-20(22-2)23-10-5-11-27-12-14-28(15-13-27)21-24-8-4-9-25-21;/h3-4,6-9,16H,5,10-15,17H2,1-2H3,(H2,22,23,26);1H. The van der Waals surface area contributed by atoms with Gasteiger partial charge in [-0.15, -0.1) is 24.0 Å². The van der Waals surface area contributed by atoms with E-state index in [1.54, 1.807) is 12.4 Å². The van der Waals surface area contributed by atoms with Gasteiger partial charge in [0.2, 0.25) is 5.95 Å². The minimum atomic E-state index is 0. The number of nitrogens with zero attached hydrogens (tertiary/aromatic N) is 5. The van der Waals surface area contributed by atoms with Crippen molar-refractivity contribution >= 4 is 35.9 Å². The van der Waals surface area contributed by atoms with Crippen LogP contribution in [0.25, 0.3) is 0 Å². The largest absolute Gasteiger partial charge is 0.356 e. The van der Waals surface area contributed by atoms with E-state index in [9.17, 15) is 0 Å². The SMILES string of the molecule is CN=C(NCCCN1CCN(c2ncccn2)CC1)NCc1cccc(C)c1.I. The molecule has 0 radical (unpaired) electrons. The third-order valence-electron chi connectivity index (χ3n) is 4.92. The molecule has 3 rings (SSSR count). The van der Waals surface area contributed by atoms with Crippen LogP contribution >= 0.6 is 24.0 Å². The number of anilines is 1. The maximum atomic E-state index is 4.34. The van der Waals surface area contributed by atoms with Crippen LogP contribution in [-0.4, -0.2) is 67.1 Å². The highest BCUT2D eigenvalue weighted by atomic mass is 127. The number of aromatic nitrogens is 2. The lowest BCUT2D eigenvalue weighted by Crippen LogP contribution is -2.47. The first-order valence-corrected chi connectivity index (χ1v) is 9.99. The van der Waals surface area contributed by atoms with Crippen molar-refractivity contribution in [3.63, 3.8) is 0 Å². The van der Waals surface area contributed by atoms with Crippen LogP contribution in [0.4, 0.5) is 5.95 Å². The fourth-order valence-corrected chi connectivity index (χ4v) is 3.36. The van der Waals surface area contributed by atoms with Crippen LogP contribution in [0, 0.1) is 6.92 Å². The van der Waals surface area contributed by atoms with Gasteiger partial charge in [0.15, 0.2) is 5.96 Å². The van der Waals surface area contributed by atoms with Crippen LogP contribution < -0.4 is 15.5 Å². The topological polar surface area (TPSA) is 68.7 Å². The lowest BCUT2D eigenvalue weighted by Gasteiger charge is -2.34. The Hall–Kier alpha value is -1.94. The van der Waals surface area contributed by atoms with Gasteiger partial charge in [-0.05, 0) is 31.5 Å². The van der Waals surface area contributed by atoms with Gasteiger partial charge >= 0.3 is 0 Å². The molecule has 0 spiro atoms. The van der Waals surface area contributed by atoms with Crippen molar-refractivity contribution in [3.8, 4) is 0 Å². The van der Waals surface area contributed by atoms with Crippen LogP contribution in [0.3, 0.4) is 0 Å². The quantitative estimate of drug-likeness (QED) is 0.259. The highest BCUT2D eigenvalue weighted by Crippen LogP contribution is 2.09. The molecule has 1 aliphatic rings. The van der Waals surface area contributed by atoms with E-state index in [0.717, 1.165) is 64.1 Å². The molecule has 0 bridgehead atoms. The number of halogens is 1. The number of guanidine groups is 1. The molecule has 1 aromatic heterocycles. The van der Waals surface area contributed by atoms with Gasteiger partial charge in [0.05, 0.1) is 0 Å². The summed E-state index contributed by atoms with van der Waals surface area (Å²) in [5, 5.41) is 6.79. The summed E-state index contributed by atoms with van der Waals surface area (Å²) < 4.78 is 0. The van der Waals surface area contributed by atoms with Gasteiger partial charge in [-0.1, -0.05) is 29.8 Å². The van der Waals surface area contributed by atoms with E-state index in [-0.39, 0.29) is 24.0 Å². The van der Waals surface area contributed by atoms with E-state index in [2.05, 4.69) is 66.6 Å². The Labute approximate surface area is 191 Å². The molecular formula is C21H32IN7. The normalized spacial score (nSPS) is 15.0. The molecule has 0 atom stereocenters. The number of piperazine rings is 1. The fraction of sp³-hybridized carbons (Fsp3) is 0.476. The van der Waals surface area contributed by atoms with Crippen molar-refractivity contribution < 1.29 is 0 Å². The molecule has 2 heterocycles. The molecule has 0 amide bonds. The van der Waals surface area contributed by atoms with Crippen LogP contribution in [-0.2, 0) is 6.54 Å². The maximum Gasteiger partial charge on any atom is 0.225 e. The van der Waals surface area contributed by atoms with Crippen molar-refractivity contribution in [2.75, 3.05) is 51.2 Å². The van der Waals surface area contributed by atoms with Crippen LogP contribution in [0.15, 0.2) is 47.7 Å². The van der Waals surface area contributed by atoms with Crippen LogP contribution in [0.1, 0.15) is 17.5 Å². The third-order valence-corrected chi connectivity index (χ3v) is 4.92. The Morgan fingerprint density at radius 1 is 1.07 bits per heavy atom. The summed E-state index contributed by atoms with van der Waals surface area (Å²) in [5.41, 5.74) is 2.55. The maximum absolute atomic E-state index is 4.34. The molecule has 1 aliphatic heterocycles. The summed E-state index contributed by atoms with van der Waals surface area (Å²) in [4.78, 5) is 17.8. The lowest BCUT2D eigenvalue weighted by atomic mass is 10.1. The Balaban J connectivity index is 0.00000300. The van der Waals surface area contributed by atoms with Crippen molar-refractivity contribution in [2.45, 2.75) is 19.9 Å². The molecular weight excluding hydrogens is 477 g/mol. The number of hydrogen-bond donors (Lipinski definition) is 2. The van der Waals surface area contributed by atoms with Gasteiger partial charge in [0, 0.05) is 58.7 Å². The predicted molar refractivity (Wildman–Crippen MR) is 130 cm³/mol. The lowest BCUT2D eigenvalue weighted by molar-refractivity contribution is 0.254. The van der Waals surface area contributed by atoms with E-state index >= 15 is 0 Å². The molecule has 29 heavy (non-hydrogen) atoms. The van der Waals surface area contributed by atoms with Gasteiger partial charge in [0.1, 0.15) is 0 Å².